The van der Waals surface area contributed by atoms with Crippen molar-refractivity contribution in [3.05, 3.63) is 0 Å². The van der Waals surface area contributed by atoms with Crippen molar-refractivity contribution in [1.82, 2.24) is 14.7 Å². The van der Waals surface area contributed by atoms with Gasteiger partial charge in [0, 0.05) is 38.1 Å². The molecule has 0 spiro atoms. The molecule has 2 aliphatic heterocycles. The summed E-state index contributed by atoms with van der Waals surface area (Å²) in [6.07, 6.45) is 1.48. The van der Waals surface area contributed by atoms with Crippen LogP contribution in [0.15, 0.2) is 0 Å². The van der Waals surface area contributed by atoms with Crippen molar-refractivity contribution in [2.75, 3.05) is 33.7 Å². The van der Waals surface area contributed by atoms with Crippen molar-refractivity contribution in [3.8, 4) is 0 Å². The molecule has 21 heavy (non-hydrogen) atoms. The molecule has 0 saturated carbocycles. The van der Waals surface area contributed by atoms with Crippen LogP contribution in [0.1, 0.15) is 33.6 Å². The van der Waals surface area contributed by atoms with E-state index in [1.807, 2.05) is 23.6 Å². The molecule has 3 atom stereocenters. The molecule has 2 amide bonds. The molecule has 5 nitrogen and oxygen atoms in total. The lowest BCUT2D eigenvalue weighted by Gasteiger charge is -2.24. The van der Waals surface area contributed by atoms with Crippen molar-refractivity contribution in [2.45, 2.75) is 45.7 Å². The highest BCUT2D eigenvalue weighted by molar-refractivity contribution is 5.89. The molecule has 0 aliphatic carbocycles. The Morgan fingerprint density at radius 1 is 1.29 bits per heavy atom. The minimum atomic E-state index is -0.140. The van der Waals surface area contributed by atoms with Crippen LogP contribution in [0.3, 0.4) is 0 Å². The molecule has 0 aromatic heterocycles. The van der Waals surface area contributed by atoms with E-state index in [0.29, 0.717) is 24.9 Å². The van der Waals surface area contributed by atoms with E-state index in [4.69, 9.17) is 0 Å². The van der Waals surface area contributed by atoms with Gasteiger partial charge in [-0.1, -0.05) is 13.3 Å². The molecule has 5 heteroatoms. The average Bonchev–Trinajstić information content (AvgIpc) is 3.01. The van der Waals surface area contributed by atoms with Gasteiger partial charge in [0.2, 0.25) is 11.8 Å². The van der Waals surface area contributed by atoms with E-state index in [1.54, 1.807) is 0 Å². The lowest BCUT2D eigenvalue weighted by Crippen LogP contribution is -2.39. The van der Waals surface area contributed by atoms with Crippen LogP contribution in [-0.4, -0.2) is 72.3 Å². The highest BCUT2D eigenvalue weighted by Gasteiger charge is 2.41. The maximum Gasteiger partial charge on any atom is 0.228 e. The summed E-state index contributed by atoms with van der Waals surface area (Å²) in [7, 11) is 4.17. The SMILES string of the molecule is CC[C@@H]1CN(C(=O)[C@H]2CC(=O)N(C(C)C)C2)C[C@@H]1N(C)C. The summed E-state index contributed by atoms with van der Waals surface area (Å²) in [4.78, 5) is 30.7. The summed E-state index contributed by atoms with van der Waals surface area (Å²) in [6.45, 7) is 8.44. The number of hydrogen-bond donors (Lipinski definition) is 0. The molecule has 120 valence electrons. The fourth-order valence-electron chi connectivity index (χ4n) is 3.67. The van der Waals surface area contributed by atoms with Crippen molar-refractivity contribution >= 4 is 11.8 Å². The first-order valence-electron chi connectivity index (χ1n) is 8.09. The van der Waals surface area contributed by atoms with Crippen molar-refractivity contribution in [3.63, 3.8) is 0 Å². The third-order valence-corrected chi connectivity index (χ3v) is 5.04. The second-order valence-electron chi connectivity index (χ2n) is 6.98. The molecule has 2 aliphatic rings. The van der Waals surface area contributed by atoms with Crippen LogP contribution in [0.25, 0.3) is 0 Å². The minimum Gasteiger partial charge on any atom is -0.340 e. The van der Waals surface area contributed by atoms with E-state index in [-0.39, 0.29) is 23.8 Å². The highest BCUT2D eigenvalue weighted by Crippen LogP contribution is 2.28. The summed E-state index contributed by atoms with van der Waals surface area (Å²) in [5.74, 6) is 0.702. The van der Waals surface area contributed by atoms with Gasteiger partial charge in [-0.2, -0.15) is 0 Å². The van der Waals surface area contributed by atoms with Crippen LogP contribution in [-0.2, 0) is 9.59 Å². The normalized spacial score (nSPS) is 30.0. The van der Waals surface area contributed by atoms with Crippen molar-refractivity contribution in [2.24, 2.45) is 11.8 Å². The summed E-state index contributed by atoms with van der Waals surface area (Å²) in [5.41, 5.74) is 0. The Balaban J connectivity index is 2.00. The van der Waals surface area contributed by atoms with E-state index < -0.39 is 0 Å². The maximum atomic E-state index is 12.7. The van der Waals surface area contributed by atoms with Gasteiger partial charge in [-0.3, -0.25) is 9.59 Å². The van der Waals surface area contributed by atoms with Gasteiger partial charge in [0.25, 0.3) is 0 Å². The summed E-state index contributed by atoms with van der Waals surface area (Å²) in [5, 5.41) is 0. The van der Waals surface area contributed by atoms with Gasteiger partial charge in [-0.25, -0.2) is 0 Å². The molecule has 2 saturated heterocycles. The number of likely N-dealkylation sites (tertiary alicyclic amines) is 2. The molecule has 0 unspecified atom stereocenters. The molecule has 0 aromatic carbocycles. The Morgan fingerprint density at radius 2 is 1.95 bits per heavy atom. The predicted molar refractivity (Wildman–Crippen MR) is 82.8 cm³/mol. The third kappa shape index (κ3) is 3.23. The standard InChI is InChI=1S/C16H29N3O2/c1-6-12-8-18(10-14(12)17(4)5)16(21)13-7-15(20)19(9-13)11(2)3/h11-14H,6-10H2,1-5H3/t12-,13+,14+/m1/s1. The second-order valence-corrected chi connectivity index (χ2v) is 6.98. The third-order valence-electron chi connectivity index (χ3n) is 5.04. The van der Waals surface area contributed by atoms with Gasteiger partial charge in [-0.15, -0.1) is 0 Å². The fourth-order valence-corrected chi connectivity index (χ4v) is 3.67. The first kappa shape index (κ1) is 16.3. The Kier molecular flexibility index (Phi) is 4.91. The van der Waals surface area contributed by atoms with Gasteiger partial charge in [0.15, 0.2) is 0 Å². The molecular weight excluding hydrogens is 266 g/mol. The predicted octanol–water partition coefficient (Wildman–Crippen LogP) is 1.04. The molecule has 2 fully saturated rings. The summed E-state index contributed by atoms with van der Waals surface area (Å²) >= 11 is 0. The van der Waals surface area contributed by atoms with Crippen LogP contribution in [0.5, 0.6) is 0 Å². The van der Waals surface area contributed by atoms with E-state index in [1.165, 1.54) is 0 Å². The van der Waals surface area contributed by atoms with E-state index in [9.17, 15) is 9.59 Å². The first-order chi connectivity index (χ1) is 9.85. The number of hydrogen-bond acceptors (Lipinski definition) is 3. The second kappa shape index (κ2) is 6.34. The minimum absolute atomic E-state index is 0.124. The molecule has 0 N–H and O–H groups in total. The average molecular weight is 295 g/mol. The number of likely N-dealkylation sites (N-methyl/N-ethyl adjacent to an activating group) is 1. The van der Waals surface area contributed by atoms with Gasteiger partial charge in [-0.05, 0) is 33.9 Å². The van der Waals surface area contributed by atoms with Crippen molar-refractivity contribution < 1.29 is 9.59 Å². The zero-order chi connectivity index (χ0) is 15.7. The molecule has 0 bridgehead atoms. The van der Waals surface area contributed by atoms with Crippen LogP contribution in [0, 0.1) is 11.8 Å². The Hall–Kier alpha value is -1.10. The quantitative estimate of drug-likeness (QED) is 0.778. The van der Waals surface area contributed by atoms with Gasteiger partial charge in [0.1, 0.15) is 0 Å². The molecule has 0 radical (unpaired) electrons. The number of amides is 2. The lowest BCUT2D eigenvalue weighted by atomic mass is 10.0. The van der Waals surface area contributed by atoms with Gasteiger partial charge < -0.3 is 14.7 Å². The van der Waals surface area contributed by atoms with Crippen molar-refractivity contribution in [1.29, 1.82) is 0 Å². The van der Waals surface area contributed by atoms with Crippen LogP contribution in [0.4, 0.5) is 0 Å². The zero-order valence-electron chi connectivity index (χ0n) is 14.0. The first-order valence-corrected chi connectivity index (χ1v) is 8.09. The Labute approximate surface area is 128 Å². The smallest absolute Gasteiger partial charge is 0.228 e. The number of rotatable bonds is 4. The van der Waals surface area contributed by atoms with Crippen LogP contribution in [0.2, 0.25) is 0 Å². The maximum absolute atomic E-state index is 12.7. The highest BCUT2D eigenvalue weighted by atomic mass is 16.2. The fraction of sp³-hybridized carbons (Fsp3) is 0.875. The number of carbonyl (C=O) groups is 2. The molecule has 0 aromatic rings. The van der Waals surface area contributed by atoms with Gasteiger partial charge >= 0.3 is 0 Å². The molecular formula is C16H29N3O2. The zero-order valence-corrected chi connectivity index (χ0v) is 14.0. The lowest BCUT2D eigenvalue weighted by molar-refractivity contribution is -0.135. The Morgan fingerprint density at radius 3 is 2.38 bits per heavy atom. The van der Waals surface area contributed by atoms with Crippen LogP contribution < -0.4 is 0 Å². The Bertz CT molecular complexity index is 408. The number of carbonyl (C=O) groups excluding carboxylic acids is 2. The summed E-state index contributed by atoms with van der Waals surface area (Å²) in [6, 6.07) is 0.629. The van der Waals surface area contributed by atoms with Gasteiger partial charge in [0.05, 0.1) is 5.92 Å². The largest absolute Gasteiger partial charge is 0.340 e. The van der Waals surface area contributed by atoms with Crippen LogP contribution >= 0.6 is 0 Å². The van der Waals surface area contributed by atoms with E-state index in [2.05, 4.69) is 25.9 Å². The monoisotopic (exact) mass is 295 g/mol. The molecule has 2 rings (SSSR count). The summed E-state index contributed by atoms with van der Waals surface area (Å²) < 4.78 is 0. The van der Waals surface area contributed by atoms with E-state index >= 15 is 0 Å². The molecule has 2 heterocycles. The van der Waals surface area contributed by atoms with E-state index in [0.717, 1.165) is 19.5 Å². The topological polar surface area (TPSA) is 43.9 Å². The number of nitrogens with zero attached hydrogens (tertiary/aromatic N) is 3.